The molecule has 0 unspecified atom stereocenters. The van der Waals surface area contributed by atoms with Gasteiger partial charge in [-0.15, -0.1) is 0 Å². The summed E-state index contributed by atoms with van der Waals surface area (Å²) in [4.78, 5) is 21.6. The highest BCUT2D eigenvalue weighted by Gasteiger charge is 2.21. The first-order valence-electron chi connectivity index (χ1n) is 9.97. The van der Waals surface area contributed by atoms with E-state index in [4.69, 9.17) is 11.6 Å². The molecule has 1 aliphatic heterocycles. The van der Waals surface area contributed by atoms with Crippen molar-refractivity contribution in [2.45, 2.75) is 6.54 Å². The van der Waals surface area contributed by atoms with Gasteiger partial charge in [0.05, 0.1) is 23.3 Å². The minimum Gasteiger partial charge on any atom is -0.395 e. The lowest BCUT2D eigenvalue weighted by molar-refractivity contribution is 0.0783. The number of hydrogen-bond donors (Lipinski definition) is 4. The Morgan fingerprint density at radius 2 is 2.00 bits per heavy atom. The lowest BCUT2D eigenvalue weighted by Gasteiger charge is -2.25. The monoisotopic (exact) mass is 424 g/mol. The van der Waals surface area contributed by atoms with E-state index in [0.29, 0.717) is 59.5 Å². The standard InChI is InChI=1S/C20H28N10O/c1-23-17-9-16-25-14-7-12(8-15(18(14)21)29(4)22)11-27(2)5-6-28(3)20(31)13-10-24-30(17)19(13)26-16/h7-10,23H,5-6,11,21-22H2,1-4H3,(H,25,26). The highest BCUT2D eigenvalue weighted by molar-refractivity contribution is 6.00. The van der Waals surface area contributed by atoms with Crippen molar-refractivity contribution in [1.29, 1.82) is 0 Å². The summed E-state index contributed by atoms with van der Waals surface area (Å²) in [6.07, 6.45) is 1.55. The van der Waals surface area contributed by atoms with E-state index in [9.17, 15) is 4.79 Å². The summed E-state index contributed by atoms with van der Waals surface area (Å²) in [7, 11) is 7.35. The Morgan fingerprint density at radius 3 is 2.71 bits per heavy atom. The van der Waals surface area contributed by atoms with E-state index < -0.39 is 0 Å². The quantitative estimate of drug-likeness (QED) is 0.269. The molecule has 31 heavy (non-hydrogen) atoms. The number of anilines is 5. The first-order valence-corrected chi connectivity index (χ1v) is 9.97. The average molecular weight is 425 g/mol. The number of nitrogens with zero attached hydrogens (tertiary/aromatic N) is 6. The third kappa shape index (κ3) is 3.80. The second kappa shape index (κ2) is 7.93. The Balaban J connectivity index is 1.92. The number of carbonyl (C=O) groups is 1. The normalized spacial score (nSPS) is 15.1. The number of aromatic nitrogens is 3. The molecule has 2 aromatic heterocycles. The fourth-order valence-corrected chi connectivity index (χ4v) is 3.70. The summed E-state index contributed by atoms with van der Waals surface area (Å²) >= 11 is 0. The maximum Gasteiger partial charge on any atom is 0.259 e. The molecule has 0 spiro atoms. The van der Waals surface area contributed by atoms with Gasteiger partial charge in [0.2, 0.25) is 0 Å². The van der Waals surface area contributed by atoms with Crippen LogP contribution in [0.25, 0.3) is 5.65 Å². The average Bonchev–Trinajstić information content (AvgIpc) is 3.16. The molecule has 1 aliphatic rings. The van der Waals surface area contributed by atoms with E-state index >= 15 is 0 Å². The number of nitrogen functional groups attached to an aromatic ring is 1. The molecule has 1 amide bonds. The molecule has 6 N–H and O–H groups in total. The number of amides is 1. The Hall–Kier alpha value is -3.57. The van der Waals surface area contributed by atoms with Crippen LogP contribution in [0.3, 0.4) is 0 Å². The van der Waals surface area contributed by atoms with Crippen LogP contribution >= 0.6 is 0 Å². The van der Waals surface area contributed by atoms with Crippen molar-refractivity contribution in [3.63, 3.8) is 0 Å². The number of hydrazine groups is 1. The fraction of sp³-hybridized carbons (Fsp3) is 0.350. The SMILES string of the molecule is CNc1cc2nc3c(cnn13)C(=O)N(C)CCN(C)Cc1cc(c(N)c(N(C)N)c1)N2. The van der Waals surface area contributed by atoms with Crippen molar-refractivity contribution in [3.8, 4) is 0 Å². The zero-order valence-corrected chi connectivity index (χ0v) is 18.2. The molecule has 3 heterocycles. The Bertz CT molecular complexity index is 1140. The zero-order chi connectivity index (χ0) is 22.3. The molecule has 11 heteroatoms. The Kier molecular flexibility index (Phi) is 5.29. The second-order valence-corrected chi connectivity index (χ2v) is 7.85. The zero-order valence-electron chi connectivity index (χ0n) is 18.2. The van der Waals surface area contributed by atoms with Crippen LogP contribution in [0.15, 0.2) is 24.4 Å². The Labute approximate surface area is 180 Å². The van der Waals surface area contributed by atoms with Gasteiger partial charge in [-0.3, -0.25) is 4.79 Å². The summed E-state index contributed by atoms with van der Waals surface area (Å²) in [5, 5.41) is 12.3. The summed E-state index contributed by atoms with van der Waals surface area (Å²) in [5.41, 5.74) is 10.3. The predicted octanol–water partition coefficient (Wildman–Crippen LogP) is 0.924. The minimum absolute atomic E-state index is 0.128. The van der Waals surface area contributed by atoms with E-state index in [0.717, 1.165) is 5.56 Å². The molecule has 1 aromatic carbocycles. The van der Waals surface area contributed by atoms with Crippen molar-refractivity contribution in [2.24, 2.45) is 5.84 Å². The molecule has 0 aliphatic carbocycles. The van der Waals surface area contributed by atoms with Gasteiger partial charge in [-0.2, -0.15) is 9.61 Å². The molecule has 0 radical (unpaired) electrons. The third-order valence-electron chi connectivity index (χ3n) is 5.44. The van der Waals surface area contributed by atoms with Gasteiger partial charge < -0.3 is 31.2 Å². The van der Waals surface area contributed by atoms with Crippen LogP contribution in [-0.4, -0.2) is 71.6 Å². The van der Waals surface area contributed by atoms with Crippen LogP contribution in [0, 0.1) is 0 Å². The molecular formula is C20H28N10O. The van der Waals surface area contributed by atoms with Crippen molar-refractivity contribution in [3.05, 3.63) is 35.5 Å². The lowest BCUT2D eigenvalue weighted by Crippen LogP contribution is -2.34. The Morgan fingerprint density at radius 1 is 1.23 bits per heavy atom. The largest absolute Gasteiger partial charge is 0.395 e. The number of carbonyl (C=O) groups excluding carboxylic acids is 1. The van der Waals surface area contributed by atoms with Gasteiger partial charge in [0.1, 0.15) is 17.2 Å². The minimum atomic E-state index is -0.128. The molecule has 4 bridgehead atoms. The lowest BCUT2D eigenvalue weighted by atomic mass is 10.1. The van der Waals surface area contributed by atoms with Crippen LogP contribution in [0.2, 0.25) is 0 Å². The van der Waals surface area contributed by atoms with Crippen molar-refractivity contribution in [1.82, 2.24) is 24.4 Å². The molecule has 164 valence electrons. The van der Waals surface area contributed by atoms with Gasteiger partial charge in [0.15, 0.2) is 5.65 Å². The maximum absolute atomic E-state index is 13.1. The summed E-state index contributed by atoms with van der Waals surface area (Å²) in [6.45, 7) is 1.93. The van der Waals surface area contributed by atoms with Crippen molar-refractivity contribution < 1.29 is 4.79 Å². The number of nitrogens with two attached hydrogens (primary N) is 2. The summed E-state index contributed by atoms with van der Waals surface area (Å²) in [6, 6.07) is 5.79. The van der Waals surface area contributed by atoms with Gasteiger partial charge in [0.25, 0.3) is 5.91 Å². The molecule has 4 rings (SSSR count). The van der Waals surface area contributed by atoms with Crippen LogP contribution in [0.1, 0.15) is 15.9 Å². The topological polar surface area (TPSA) is 133 Å². The first kappa shape index (κ1) is 20.7. The van der Waals surface area contributed by atoms with E-state index in [2.05, 4.69) is 25.6 Å². The van der Waals surface area contributed by atoms with Crippen molar-refractivity contribution in [2.75, 3.05) is 62.7 Å². The second-order valence-electron chi connectivity index (χ2n) is 7.85. The number of benzene rings is 1. The van der Waals surface area contributed by atoms with Crippen LogP contribution < -0.4 is 27.2 Å². The van der Waals surface area contributed by atoms with E-state index in [1.54, 1.807) is 36.8 Å². The van der Waals surface area contributed by atoms with Gasteiger partial charge >= 0.3 is 0 Å². The third-order valence-corrected chi connectivity index (χ3v) is 5.44. The molecule has 0 saturated carbocycles. The fourth-order valence-electron chi connectivity index (χ4n) is 3.70. The number of fused-ring (bicyclic) bond motifs is 3. The van der Waals surface area contributed by atoms with Crippen LogP contribution in [0.5, 0.6) is 0 Å². The van der Waals surface area contributed by atoms with E-state index in [1.807, 2.05) is 25.2 Å². The van der Waals surface area contributed by atoms with E-state index in [-0.39, 0.29) is 5.91 Å². The predicted molar refractivity (Wildman–Crippen MR) is 123 cm³/mol. The van der Waals surface area contributed by atoms with Gasteiger partial charge in [-0.05, 0) is 24.7 Å². The molecule has 0 atom stereocenters. The number of rotatable bonds is 2. The first-order chi connectivity index (χ1) is 14.8. The molecular weight excluding hydrogens is 396 g/mol. The smallest absolute Gasteiger partial charge is 0.259 e. The van der Waals surface area contributed by atoms with Gasteiger partial charge in [-0.1, -0.05) is 0 Å². The molecule has 3 aromatic rings. The number of nitrogens with one attached hydrogen (secondary N) is 2. The summed E-state index contributed by atoms with van der Waals surface area (Å²) < 4.78 is 1.61. The van der Waals surface area contributed by atoms with Gasteiger partial charge in [-0.25, -0.2) is 10.8 Å². The van der Waals surface area contributed by atoms with E-state index in [1.165, 1.54) is 5.01 Å². The highest BCUT2D eigenvalue weighted by atomic mass is 16.2. The van der Waals surface area contributed by atoms with Gasteiger partial charge in [0, 0.05) is 46.8 Å². The highest BCUT2D eigenvalue weighted by Crippen LogP contribution is 2.34. The number of likely N-dealkylation sites (N-methyl/N-ethyl adjacent to an activating group) is 2. The van der Waals surface area contributed by atoms with Crippen LogP contribution in [0.4, 0.5) is 28.7 Å². The van der Waals surface area contributed by atoms with Crippen LogP contribution in [-0.2, 0) is 6.54 Å². The molecule has 0 fully saturated rings. The molecule has 11 nitrogen and oxygen atoms in total. The summed E-state index contributed by atoms with van der Waals surface area (Å²) in [5.74, 6) is 7.13. The maximum atomic E-state index is 13.1. The van der Waals surface area contributed by atoms with Crippen molar-refractivity contribution >= 4 is 40.3 Å². The number of hydrogen-bond acceptors (Lipinski definition) is 9. The molecule has 0 saturated heterocycles.